The van der Waals surface area contributed by atoms with E-state index < -0.39 is 16.1 Å². The van der Waals surface area contributed by atoms with Crippen LogP contribution in [-0.4, -0.2) is 85.3 Å². The molecule has 2 aliphatic heterocycles. The van der Waals surface area contributed by atoms with Gasteiger partial charge in [-0.15, -0.1) is 11.3 Å². The Bertz CT molecular complexity index is 1020. The number of amides is 2. The van der Waals surface area contributed by atoms with E-state index in [1.165, 1.54) is 22.3 Å². The summed E-state index contributed by atoms with van der Waals surface area (Å²) in [6.45, 7) is 10.6. The molecule has 1 N–H and O–H groups in total. The maximum absolute atomic E-state index is 13.2. The number of rotatable bonds is 10. The summed E-state index contributed by atoms with van der Waals surface area (Å²) in [7, 11) is -3.82. The first-order valence-electron chi connectivity index (χ1n) is 12.3. The number of nitrogens with one attached hydrogen (secondary N) is 1. The molecule has 0 spiro atoms. The molecular formula is C24H37ClN4O4S2. The zero-order chi connectivity index (χ0) is 25.8. The van der Waals surface area contributed by atoms with Crippen LogP contribution in [0.2, 0.25) is 4.34 Å². The Kier molecular flexibility index (Phi) is 9.79. The van der Waals surface area contributed by atoms with E-state index in [-0.39, 0.29) is 24.4 Å². The number of hydrogen-bond donors (Lipinski definition) is 1. The van der Waals surface area contributed by atoms with Crippen molar-refractivity contribution in [2.24, 2.45) is 0 Å². The number of hydrogen-bond acceptors (Lipinski definition) is 6. The van der Waals surface area contributed by atoms with Crippen molar-refractivity contribution in [2.75, 3.05) is 26.2 Å². The van der Waals surface area contributed by atoms with Crippen molar-refractivity contribution in [2.45, 2.75) is 77.5 Å². The standard InChI is InChI=1S/C24H37ClN4O4S2/c1-17(2)29(18(3)4)15-19-7-5-13-28(19)23(30)16-27-12-6-8-21(24(27)31)26-35(32,33)14-11-20-9-10-22(25)34-20/h9-11,14,17-19,21,26H,5-8,12-13,15-16H2,1-4H3/b14-11+/t19-,21-/m0/s1. The van der Waals surface area contributed by atoms with E-state index in [1.807, 2.05) is 4.90 Å². The number of likely N-dealkylation sites (tertiary alicyclic amines) is 2. The fraction of sp³-hybridized carbons (Fsp3) is 0.667. The van der Waals surface area contributed by atoms with Crippen LogP contribution < -0.4 is 4.72 Å². The van der Waals surface area contributed by atoms with E-state index in [1.54, 1.807) is 12.1 Å². The summed E-state index contributed by atoms with van der Waals surface area (Å²) < 4.78 is 28.1. The van der Waals surface area contributed by atoms with Gasteiger partial charge in [0.2, 0.25) is 21.8 Å². The lowest BCUT2D eigenvalue weighted by Crippen LogP contribution is -2.55. The van der Waals surface area contributed by atoms with Crippen LogP contribution in [-0.2, 0) is 19.6 Å². The van der Waals surface area contributed by atoms with Gasteiger partial charge in [-0.3, -0.25) is 14.5 Å². The summed E-state index contributed by atoms with van der Waals surface area (Å²) in [5.74, 6) is -0.409. The summed E-state index contributed by atoms with van der Waals surface area (Å²) in [4.78, 5) is 32.8. The van der Waals surface area contributed by atoms with Crippen LogP contribution in [0, 0.1) is 0 Å². The van der Waals surface area contributed by atoms with Gasteiger partial charge in [-0.2, -0.15) is 4.72 Å². The van der Waals surface area contributed by atoms with E-state index >= 15 is 0 Å². The number of carbonyl (C=O) groups is 2. The highest BCUT2D eigenvalue weighted by atomic mass is 35.5. The first-order chi connectivity index (χ1) is 16.5. The topological polar surface area (TPSA) is 90.0 Å². The molecule has 3 rings (SSSR count). The second-order valence-electron chi connectivity index (χ2n) is 9.83. The van der Waals surface area contributed by atoms with Crippen molar-refractivity contribution in [3.63, 3.8) is 0 Å². The van der Waals surface area contributed by atoms with Gasteiger partial charge in [-0.05, 0) is 71.6 Å². The van der Waals surface area contributed by atoms with Crippen LogP contribution in [0.25, 0.3) is 6.08 Å². The minimum atomic E-state index is -3.82. The molecule has 2 atom stereocenters. The van der Waals surface area contributed by atoms with E-state index in [0.717, 1.165) is 24.8 Å². The lowest BCUT2D eigenvalue weighted by molar-refractivity contribution is -0.143. The predicted molar refractivity (Wildman–Crippen MR) is 142 cm³/mol. The van der Waals surface area contributed by atoms with Gasteiger partial charge in [0, 0.05) is 48.0 Å². The second kappa shape index (κ2) is 12.2. The Balaban J connectivity index is 1.59. The Labute approximate surface area is 218 Å². The molecule has 2 saturated heterocycles. The molecule has 0 unspecified atom stereocenters. The Morgan fingerprint density at radius 2 is 1.89 bits per heavy atom. The van der Waals surface area contributed by atoms with Crippen molar-refractivity contribution in [3.8, 4) is 0 Å². The average molecular weight is 545 g/mol. The third-order valence-electron chi connectivity index (χ3n) is 6.61. The summed E-state index contributed by atoms with van der Waals surface area (Å²) in [6, 6.07) is 3.46. The molecule has 0 saturated carbocycles. The molecule has 1 aromatic heterocycles. The Morgan fingerprint density at radius 3 is 2.51 bits per heavy atom. The summed E-state index contributed by atoms with van der Waals surface area (Å²) >= 11 is 7.15. The molecule has 0 radical (unpaired) electrons. The van der Waals surface area contributed by atoms with Crippen LogP contribution in [0.5, 0.6) is 0 Å². The molecular weight excluding hydrogens is 508 g/mol. The fourth-order valence-corrected chi connectivity index (χ4v) is 6.96. The number of sulfonamides is 1. The summed E-state index contributed by atoms with van der Waals surface area (Å²) in [5.41, 5.74) is 0. The second-order valence-corrected chi connectivity index (χ2v) is 13.2. The quantitative estimate of drug-likeness (QED) is 0.487. The normalized spacial score (nSPS) is 21.9. The van der Waals surface area contributed by atoms with Gasteiger partial charge < -0.3 is 9.80 Å². The van der Waals surface area contributed by atoms with Gasteiger partial charge in [0.1, 0.15) is 6.04 Å². The SMILES string of the molecule is CC(C)N(C[C@@H]1CCCN1C(=O)CN1CCC[C@H](NS(=O)(=O)/C=C/c2ccc(Cl)s2)C1=O)C(C)C. The Morgan fingerprint density at radius 1 is 1.20 bits per heavy atom. The smallest absolute Gasteiger partial charge is 0.242 e. The first kappa shape index (κ1) is 28.1. The van der Waals surface area contributed by atoms with Crippen LogP contribution >= 0.6 is 22.9 Å². The molecule has 35 heavy (non-hydrogen) atoms. The van der Waals surface area contributed by atoms with Gasteiger partial charge in [0.05, 0.1) is 10.9 Å². The number of thiophene rings is 1. The zero-order valence-electron chi connectivity index (χ0n) is 20.9. The molecule has 0 aromatic carbocycles. The fourth-order valence-electron chi connectivity index (χ4n) is 4.89. The monoisotopic (exact) mass is 544 g/mol. The van der Waals surface area contributed by atoms with Gasteiger partial charge in [-0.1, -0.05) is 11.6 Å². The van der Waals surface area contributed by atoms with Crippen LogP contribution in [0.1, 0.15) is 58.3 Å². The van der Waals surface area contributed by atoms with E-state index in [0.29, 0.717) is 47.2 Å². The molecule has 0 bridgehead atoms. The number of piperidine rings is 1. The maximum Gasteiger partial charge on any atom is 0.242 e. The van der Waals surface area contributed by atoms with E-state index in [9.17, 15) is 18.0 Å². The molecule has 3 heterocycles. The van der Waals surface area contributed by atoms with E-state index in [2.05, 4.69) is 37.3 Å². The molecule has 2 fully saturated rings. The molecule has 11 heteroatoms. The van der Waals surface area contributed by atoms with Gasteiger partial charge in [-0.25, -0.2) is 8.42 Å². The molecule has 8 nitrogen and oxygen atoms in total. The van der Waals surface area contributed by atoms with Crippen molar-refractivity contribution in [1.82, 2.24) is 19.4 Å². The van der Waals surface area contributed by atoms with E-state index in [4.69, 9.17) is 11.6 Å². The average Bonchev–Trinajstić information content (AvgIpc) is 3.41. The largest absolute Gasteiger partial charge is 0.337 e. The van der Waals surface area contributed by atoms with Crippen LogP contribution in [0.15, 0.2) is 17.5 Å². The maximum atomic E-state index is 13.2. The third kappa shape index (κ3) is 7.76. The molecule has 0 aliphatic carbocycles. The summed E-state index contributed by atoms with van der Waals surface area (Å²) in [6.07, 6.45) is 4.41. The highest BCUT2D eigenvalue weighted by Gasteiger charge is 2.36. The molecule has 2 aliphatic rings. The minimum absolute atomic E-state index is 0.0134. The number of carbonyl (C=O) groups excluding carboxylic acids is 2. The third-order valence-corrected chi connectivity index (χ3v) is 8.92. The zero-order valence-corrected chi connectivity index (χ0v) is 23.3. The van der Waals surface area contributed by atoms with Gasteiger partial charge in [0.15, 0.2) is 0 Å². The van der Waals surface area contributed by atoms with Crippen molar-refractivity contribution >= 4 is 50.9 Å². The molecule has 2 amide bonds. The lowest BCUT2D eigenvalue weighted by Gasteiger charge is -2.37. The van der Waals surface area contributed by atoms with Gasteiger partial charge >= 0.3 is 0 Å². The molecule has 1 aromatic rings. The minimum Gasteiger partial charge on any atom is -0.337 e. The van der Waals surface area contributed by atoms with Crippen molar-refractivity contribution in [1.29, 1.82) is 0 Å². The first-order valence-corrected chi connectivity index (χ1v) is 15.0. The lowest BCUT2D eigenvalue weighted by atomic mass is 10.1. The van der Waals surface area contributed by atoms with Gasteiger partial charge in [0.25, 0.3) is 0 Å². The number of nitrogens with zero attached hydrogens (tertiary/aromatic N) is 3. The van der Waals surface area contributed by atoms with Crippen LogP contribution in [0.3, 0.4) is 0 Å². The van der Waals surface area contributed by atoms with Crippen molar-refractivity contribution < 1.29 is 18.0 Å². The Hall–Kier alpha value is -1.46. The highest BCUT2D eigenvalue weighted by Crippen LogP contribution is 2.24. The van der Waals surface area contributed by atoms with Crippen molar-refractivity contribution in [3.05, 3.63) is 26.8 Å². The highest BCUT2D eigenvalue weighted by molar-refractivity contribution is 7.92. The van der Waals surface area contributed by atoms with Crippen LogP contribution in [0.4, 0.5) is 0 Å². The molecule has 196 valence electrons. The summed E-state index contributed by atoms with van der Waals surface area (Å²) in [5, 5.41) is 1.05. The number of halogens is 1. The predicted octanol–water partition coefficient (Wildman–Crippen LogP) is 3.39.